The van der Waals surface area contributed by atoms with Gasteiger partial charge in [0, 0.05) is 42.2 Å². The van der Waals surface area contributed by atoms with Crippen molar-refractivity contribution in [2.75, 3.05) is 24.2 Å². The summed E-state index contributed by atoms with van der Waals surface area (Å²) in [6, 6.07) is 13.4. The summed E-state index contributed by atoms with van der Waals surface area (Å²) in [6.45, 7) is 0.662. The highest BCUT2D eigenvalue weighted by atomic mass is 32.2. The molecule has 272 valence electrons. The molecular weight excluding hydrogens is 699 g/mol. The number of nitrogens with zero attached hydrogens (tertiary/aromatic N) is 1. The molecule has 0 saturated heterocycles. The van der Waals surface area contributed by atoms with Gasteiger partial charge in [-0.3, -0.25) is 23.5 Å². The van der Waals surface area contributed by atoms with Gasteiger partial charge < -0.3 is 30.6 Å². The summed E-state index contributed by atoms with van der Waals surface area (Å²) in [5, 5.41) is 27.0. The second kappa shape index (κ2) is 15.1. The Labute approximate surface area is 297 Å². The van der Waals surface area contributed by atoms with Crippen molar-refractivity contribution in [1.29, 1.82) is 0 Å². The average molecular weight is 735 g/mol. The highest BCUT2D eigenvalue weighted by molar-refractivity contribution is 7.92. The van der Waals surface area contributed by atoms with Crippen LogP contribution in [0.3, 0.4) is 0 Å². The van der Waals surface area contributed by atoms with Gasteiger partial charge in [0.15, 0.2) is 0 Å². The molecule has 0 bridgehead atoms. The number of fused-ring (bicyclic) bond motifs is 1. The van der Waals surface area contributed by atoms with Crippen LogP contribution in [-0.4, -0.2) is 74.0 Å². The lowest BCUT2D eigenvalue weighted by Gasteiger charge is -2.25. The Morgan fingerprint density at radius 1 is 1.04 bits per heavy atom. The van der Waals surface area contributed by atoms with E-state index in [1.54, 1.807) is 12.1 Å². The van der Waals surface area contributed by atoms with Gasteiger partial charge in [0.05, 0.1) is 17.5 Å². The lowest BCUT2D eigenvalue weighted by Crippen LogP contribution is -2.48. The summed E-state index contributed by atoms with van der Waals surface area (Å²) in [7, 11) is -2.63. The first kappa shape index (κ1) is 37.2. The van der Waals surface area contributed by atoms with Crippen molar-refractivity contribution < 1.29 is 51.4 Å². The SMILES string of the molecule is CNC(=O)c1c(-c2ccc(F)cc2)oc2cc(N(CC(=O)NC(C)C(=O)NCc3cccc(C(O)=CC(=O)C(=O)O)c3)S(C)(=O)=O)c(C3CC3)cc12. The summed E-state index contributed by atoms with van der Waals surface area (Å²) in [4.78, 5) is 61.4. The van der Waals surface area contributed by atoms with E-state index < -0.39 is 63.7 Å². The third-order valence-electron chi connectivity index (χ3n) is 8.31. The van der Waals surface area contributed by atoms with E-state index in [9.17, 15) is 41.9 Å². The number of hydrogen-bond acceptors (Lipinski definition) is 9. The molecule has 1 atom stereocenters. The van der Waals surface area contributed by atoms with Crippen LogP contribution in [0.5, 0.6) is 0 Å². The molecule has 1 saturated carbocycles. The zero-order valence-electron chi connectivity index (χ0n) is 28.2. The summed E-state index contributed by atoms with van der Waals surface area (Å²) < 4.78 is 47.1. The molecule has 1 aliphatic carbocycles. The summed E-state index contributed by atoms with van der Waals surface area (Å²) >= 11 is 0. The maximum Gasteiger partial charge on any atom is 0.376 e. The Morgan fingerprint density at radius 2 is 1.73 bits per heavy atom. The largest absolute Gasteiger partial charge is 0.507 e. The lowest BCUT2D eigenvalue weighted by atomic mass is 10.0. The lowest BCUT2D eigenvalue weighted by molar-refractivity contribution is -0.146. The first-order valence-corrected chi connectivity index (χ1v) is 17.8. The number of carbonyl (C=O) groups is 5. The molecule has 0 radical (unpaired) electrons. The van der Waals surface area contributed by atoms with E-state index in [0.29, 0.717) is 28.2 Å². The fourth-order valence-corrected chi connectivity index (χ4v) is 6.42. The molecule has 1 aromatic heterocycles. The molecule has 14 nitrogen and oxygen atoms in total. The topological polar surface area (TPSA) is 212 Å². The van der Waals surface area contributed by atoms with Gasteiger partial charge in [-0.15, -0.1) is 0 Å². The number of amides is 3. The zero-order valence-corrected chi connectivity index (χ0v) is 29.0. The highest BCUT2D eigenvalue weighted by Crippen LogP contribution is 2.48. The van der Waals surface area contributed by atoms with Crippen LogP contribution in [0.1, 0.15) is 52.7 Å². The van der Waals surface area contributed by atoms with Gasteiger partial charge in [0.2, 0.25) is 21.8 Å². The van der Waals surface area contributed by atoms with E-state index in [-0.39, 0.29) is 40.6 Å². The molecule has 16 heteroatoms. The van der Waals surface area contributed by atoms with Crippen LogP contribution in [0, 0.1) is 5.82 Å². The molecule has 52 heavy (non-hydrogen) atoms. The number of ketones is 1. The van der Waals surface area contributed by atoms with Crippen LogP contribution in [0.15, 0.2) is 71.2 Å². The number of hydrogen-bond donors (Lipinski definition) is 5. The summed E-state index contributed by atoms with van der Waals surface area (Å²) in [5.41, 5.74) is 2.16. The minimum Gasteiger partial charge on any atom is -0.507 e. The van der Waals surface area contributed by atoms with E-state index in [4.69, 9.17) is 9.52 Å². The van der Waals surface area contributed by atoms with Crippen molar-refractivity contribution in [1.82, 2.24) is 16.0 Å². The number of furan rings is 1. The van der Waals surface area contributed by atoms with Crippen LogP contribution in [0.25, 0.3) is 28.1 Å². The monoisotopic (exact) mass is 734 g/mol. The minimum atomic E-state index is -4.09. The number of carboxylic acids is 1. The fourth-order valence-electron chi connectivity index (χ4n) is 5.56. The molecule has 1 heterocycles. The molecule has 5 N–H and O–H groups in total. The van der Waals surface area contributed by atoms with Gasteiger partial charge in [-0.25, -0.2) is 17.6 Å². The van der Waals surface area contributed by atoms with Gasteiger partial charge in [-0.1, -0.05) is 18.2 Å². The molecule has 3 amide bonds. The fraction of sp³-hybridized carbons (Fsp3) is 0.250. The molecule has 4 aromatic rings. The van der Waals surface area contributed by atoms with E-state index in [1.165, 1.54) is 62.5 Å². The van der Waals surface area contributed by atoms with Crippen LogP contribution < -0.4 is 20.3 Å². The van der Waals surface area contributed by atoms with Crippen LogP contribution >= 0.6 is 0 Å². The summed E-state index contributed by atoms with van der Waals surface area (Å²) in [6.07, 6.45) is 3.00. The van der Waals surface area contributed by atoms with Crippen LogP contribution in [0.4, 0.5) is 10.1 Å². The van der Waals surface area contributed by atoms with Gasteiger partial charge >= 0.3 is 5.97 Å². The van der Waals surface area contributed by atoms with E-state index in [1.807, 2.05) is 0 Å². The molecular formula is C36H35FN4O10S. The normalized spacial score (nSPS) is 13.7. The van der Waals surface area contributed by atoms with Crippen molar-refractivity contribution in [2.45, 2.75) is 38.3 Å². The van der Waals surface area contributed by atoms with Crippen LogP contribution in [0.2, 0.25) is 0 Å². The average Bonchev–Trinajstić information content (AvgIpc) is 3.88. The number of aliphatic hydroxyl groups excluding tert-OH is 1. The third kappa shape index (κ3) is 8.46. The number of anilines is 1. The first-order valence-electron chi connectivity index (χ1n) is 16.0. The molecule has 0 spiro atoms. The first-order chi connectivity index (χ1) is 24.6. The number of nitrogens with one attached hydrogen (secondary N) is 3. The number of carboxylic acid groups (broad SMARTS) is 1. The third-order valence-corrected chi connectivity index (χ3v) is 9.44. The minimum absolute atomic E-state index is 0.0494. The number of aliphatic hydroxyl groups is 1. The Bertz CT molecular complexity index is 2230. The van der Waals surface area contributed by atoms with Crippen LogP contribution in [-0.2, 0) is 35.7 Å². The van der Waals surface area contributed by atoms with Gasteiger partial charge in [0.25, 0.3) is 11.7 Å². The molecule has 1 unspecified atom stereocenters. The zero-order chi connectivity index (χ0) is 37.9. The van der Waals surface area contributed by atoms with Crippen molar-refractivity contribution in [3.8, 4) is 11.3 Å². The van der Waals surface area contributed by atoms with Crippen molar-refractivity contribution in [3.63, 3.8) is 0 Å². The van der Waals surface area contributed by atoms with Gasteiger partial charge in [-0.05, 0) is 73.2 Å². The van der Waals surface area contributed by atoms with E-state index in [0.717, 1.165) is 23.4 Å². The summed E-state index contributed by atoms with van der Waals surface area (Å²) in [5.74, 6) is -5.86. The molecule has 0 aliphatic heterocycles. The Morgan fingerprint density at radius 3 is 2.35 bits per heavy atom. The number of carbonyl (C=O) groups excluding carboxylic acids is 4. The number of halogens is 1. The van der Waals surface area contributed by atoms with Crippen molar-refractivity contribution >= 4 is 61.9 Å². The second-order valence-corrected chi connectivity index (χ2v) is 14.2. The van der Waals surface area contributed by atoms with E-state index >= 15 is 0 Å². The Balaban J connectivity index is 1.36. The molecule has 1 fully saturated rings. The predicted molar refractivity (Wildman–Crippen MR) is 188 cm³/mol. The number of aliphatic carboxylic acids is 1. The van der Waals surface area contributed by atoms with Crippen molar-refractivity contribution in [2.24, 2.45) is 0 Å². The smallest absolute Gasteiger partial charge is 0.376 e. The molecule has 1 aliphatic rings. The second-order valence-electron chi connectivity index (χ2n) is 12.2. The van der Waals surface area contributed by atoms with Crippen molar-refractivity contribution in [3.05, 3.63) is 94.8 Å². The molecule has 3 aromatic carbocycles. The Hall–Kier alpha value is -6.03. The molecule has 5 rings (SSSR count). The van der Waals surface area contributed by atoms with Gasteiger partial charge in [-0.2, -0.15) is 0 Å². The maximum atomic E-state index is 13.7. The standard InChI is InChI=1S/C36H35FN4O10S/c1-19(34(45)39-17-20-5-4-6-23(13-20)28(42)16-29(43)36(47)48)40-31(44)18-41(52(3,49)50)27-15-30-26(14-25(27)21-7-8-21)32(35(46)38-2)33(51-30)22-9-11-24(37)12-10-22/h4-6,9-16,19,21,42H,7-8,17-18H2,1-3H3,(H,38,46)(H,39,45)(H,40,44)(H,47,48). The Kier molecular flexibility index (Phi) is 10.8. The number of rotatable bonds is 14. The number of sulfonamides is 1. The quantitative estimate of drug-likeness (QED) is 0.0721. The number of benzene rings is 3. The maximum absolute atomic E-state index is 13.7. The van der Waals surface area contributed by atoms with E-state index in [2.05, 4.69) is 16.0 Å². The highest BCUT2D eigenvalue weighted by Gasteiger charge is 2.34. The predicted octanol–water partition coefficient (Wildman–Crippen LogP) is 3.62. The van der Waals surface area contributed by atoms with Gasteiger partial charge in [0.1, 0.15) is 35.5 Å².